The second-order valence-corrected chi connectivity index (χ2v) is 8.54. The van der Waals surface area contributed by atoms with Crippen LogP contribution in [-0.2, 0) is 4.74 Å². The fourth-order valence-corrected chi connectivity index (χ4v) is 4.19. The smallest absolute Gasteiger partial charge is 0.213 e. The largest absolute Gasteiger partial charge is 0.378 e. The quantitative estimate of drug-likeness (QED) is 0.211. The zero-order chi connectivity index (χ0) is 19.6. The zero-order valence-corrected chi connectivity index (χ0v) is 18.0. The maximum atomic E-state index is 11.4. The van der Waals surface area contributed by atoms with Crippen molar-refractivity contribution in [2.45, 2.75) is 141 Å². The third-order valence-corrected chi connectivity index (χ3v) is 6.03. The summed E-state index contributed by atoms with van der Waals surface area (Å²) in [4.78, 5) is 11.3. The van der Waals surface area contributed by atoms with Gasteiger partial charge in [0.15, 0.2) is 0 Å². The zero-order valence-electron chi connectivity index (χ0n) is 18.0. The Morgan fingerprint density at radius 2 is 1.44 bits per heavy atom. The average Bonchev–Trinajstić information content (AvgIpc) is 2.68. The Morgan fingerprint density at radius 1 is 0.852 bits per heavy atom. The number of nitro groups is 1. The van der Waals surface area contributed by atoms with Gasteiger partial charge in [-0.2, -0.15) is 0 Å². The molecule has 0 aromatic carbocycles. The summed E-state index contributed by atoms with van der Waals surface area (Å²) in [7, 11) is 0. The van der Waals surface area contributed by atoms with E-state index in [4.69, 9.17) is 4.74 Å². The number of ether oxygens (including phenoxy) is 1. The number of hydrogen-bond acceptors (Lipinski definition) is 3. The molecule has 4 heteroatoms. The van der Waals surface area contributed by atoms with E-state index in [1.54, 1.807) is 0 Å². The third-order valence-electron chi connectivity index (χ3n) is 6.03. The van der Waals surface area contributed by atoms with Gasteiger partial charge in [0.2, 0.25) is 6.04 Å². The van der Waals surface area contributed by atoms with Crippen molar-refractivity contribution in [2.75, 3.05) is 6.61 Å². The van der Waals surface area contributed by atoms with E-state index in [9.17, 15) is 10.1 Å². The first kappa shape index (κ1) is 24.4. The molecular formula is C23H45NO3. The predicted molar refractivity (Wildman–Crippen MR) is 114 cm³/mol. The molecule has 1 aliphatic rings. The SMILES string of the molecule is CCCCCCCC(CCCC1CCCCCCCCCCCO1)[N+](=O)[O-]. The molecule has 0 aromatic heterocycles. The van der Waals surface area contributed by atoms with Crippen molar-refractivity contribution in [2.24, 2.45) is 0 Å². The van der Waals surface area contributed by atoms with Gasteiger partial charge in [-0.25, -0.2) is 0 Å². The van der Waals surface area contributed by atoms with Gasteiger partial charge in [-0.3, -0.25) is 10.1 Å². The second-order valence-electron chi connectivity index (χ2n) is 8.54. The molecular weight excluding hydrogens is 338 g/mol. The molecule has 1 heterocycles. The van der Waals surface area contributed by atoms with Gasteiger partial charge in [0, 0.05) is 24.4 Å². The number of rotatable bonds is 11. The Kier molecular flexibility index (Phi) is 15.8. The highest BCUT2D eigenvalue weighted by Crippen LogP contribution is 2.20. The molecule has 1 rings (SSSR count). The molecule has 27 heavy (non-hydrogen) atoms. The van der Waals surface area contributed by atoms with Crippen molar-refractivity contribution in [1.29, 1.82) is 0 Å². The van der Waals surface area contributed by atoms with Crippen LogP contribution in [-0.4, -0.2) is 23.7 Å². The monoisotopic (exact) mass is 383 g/mol. The van der Waals surface area contributed by atoms with Crippen LogP contribution in [0, 0.1) is 10.1 Å². The van der Waals surface area contributed by atoms with E-state index < -0.39 is 0 Å². The molecule has 0 aromatic rings. The lowest BCUT2D eigenvalue weighted by Crippen LogP contribution is -2.21. The van der Waals surface area contributed by atoms with Gasteiger partial charge >= 0.3 is 0 Å². The minimum absolute atomic E-state index is 0.0365. The Labute approximate surface area is 168 Å². The van der Waals surface area contributed by atoms with Crippen LogP contribution in [0.1, 0.15) is 129 Å². The first-order chi connectivity index (χ1) is 13.2. The molecule has 0 amide bonds. The Bertz CT molecular complexity index is 335. The van der Waals surface area contributed by atoms with E-state index >= 15 is 0 Å². The van der Waals surface area contributed by atoms with E-state index in [-0.39, 0.29) is 11.0 Å². The highest BCUT2D eigenvalue weighted by molar-refractivity contribution is 4.64. The molecule has 1 fully saturated rings. The van der Waals surface area contributed by atoms with E-state index in [1.165, 1.54) is 77.0 Å². The first-order valence-electron chi connectivity index (χ1n) is 12.0. The van der Waals surface area contributed by atoms with Gasteiger partial charge in [-0.05, 0) is 32.1 Å². The molecule has 0 saturated carbocycles. The molecule has 0 bridgehead atoms. The molecule has 1 aliphatic heterocycles. The molecule has 4 nitrogen and oxygen atoms in total. The summed E-state index contributed by atoms with van der Waals surface area (Å²) < 4.78 is 6.15. The normalized spacial score (nSPS) is 21.6. The lowest BCUT2D eigenvalue weighted by molar-refractivity contribution is -0.524. The van der Waals surface area contributed by atoms with E-state index in [0.717, 1.165) is 51.6 Å². The van der Waals surface area contributed by atoms with Gasteiger partial charge in [-0.15, -0.1) is 0 Å². The first-order valence-corrected chi connectivity index (χ1v) is 12.0. The molecule has 0 spiro atoms. The van der Waals surface area contributed by atoms with E-state index in [0.29, 0.717) is 6.10 Å². The van der Waals surface area contributed by atoms with Crippen molar-refractivity contribution in [3.8, 4) is 0 Å². The van der Waals surface area contributed by atoms with Gasteiger partial charge < -0.3 is 4.74 Å². The second kappa shape index (κ2) is 17.5. The minimum atomic E-state index is -0.346. The Hall–Kier alpha value is -0.640. The van der Waals surface area contributed by atoms with E-state index in [1.807, 2.05) is 0 Å². The highest BCUT2D eigenvalue weighted by atomic mass is 16.6. The number of unbranched alkanes of at least 4 members (excludes halogenated alkanes) is 4. The molecule has 0 aliphatic carbocycles. The fraction of sp³-hybridized carbons (Fsp3) is 1.00. The van der Waals surface area contributed by atoms with Gasteiger partial charge in [0.1, 0.15) is 0 Å². The Morgan fingerprint density at radius 3 is 2.11 bits per heavy atom. The fourth-order valence-electron chi connectivity index (χ4n) is 4.19. The predicted octanol–water partition coefficient (Wildman–Crippen LogP) is 7.46. The molecule has 1 saturated heterocycles. The summed E-state index contributed by atoms with van der Waals surface area (Å²) in [6.07, 6.45) is 22.6. The molecule has 0 radical (unpaired) electrons. The molecule has 160 valence electrons. The summed E-state index contributed by atoms with van der Waals surface area (Å²) in [5.74, 6) is 0. The highest BCUT2D eigenvalue weighted by Gasteiger charge is 2.20. The van der Waals surface area contributed by atoms with Crippen LogP contribution in [0.15, 0.2) is 0 Å². The maximum absolute atomic E-state index is 11.4. The number of hydrogen-bond donors (Lipinski definition) is 0. The van der Waals surface area contributed by atoms with E-state index in [2.05, 4.69) is 6.92 Å². The summed E-state index contributed by atoms with van der Waals surface area (Å²) in [5, 5.41) is 11.4. The lowest BCUT2D eigenvalue weighted by Gasteiger charge is -2.18. The molecule has 0 N–H and O–H groups in total. The van der Waals surface area contributed by atoms with Crippen molar-refractivity contribution in [3.05, 3.63) is 10.1 Å². The summed E-state index contributed by atoms with van der Waals surface area (Å²) in [6.45, 7) is 3.08. The van der Waals surface area contributed by atoms with Crippen LogP contribution in [0.25, 0.3) is 0 Å². The van der Waals surface area contributed by atoms with Crippen molar-refractivity contribution < 1.29 is 9.66 Å². The van der Waals surface area contributed by atoms with Crippen LogP contribution in [0.5, 0.6) is 0 Å². The maximum Gasteiger partial charge on any atom is 0.213 e. The number of nitrogens with zero attached hydrogens (tertiary/aromatic N) is 1. The van der Waals surface area contributed by atoms with Crippen LogP contribution in [0.3, 0.4) is 0 Å². The van der Waals surface area contributed by atoms with Crippen LogP contribution in [0.4, 0.5) is 0 Å². The lowest BCUT2D eigenvalue weighted by atomic mass is 9.99. The van der Waals surface area contributed by atoms with Gasteiger partial charge in [-0.1, -0.05) is 84.0 Å². The summed E-state index contributed by atoms with van der Waals surface area (Å²) >= 11 is 0. The molecule has 2 unspecified atom stereocenters. The van der Waals surface area contributed by atoms with Crippen molar-refractivity contribution in [1.82, 2.24) is 0 Å². The Balaban J connectivity index is 2.26. The van der Waals surface area contributed by atoms with Crippen molar-refractivity contribution in [3.63, 3.8) is 0 Å². The van der Waals surface area contributed by atoms with Gasteiger partial charge in [0.25, 0.3) is 0 Å². The van der Waals surface area contributed by atoms with Crippen LogP contribution >= 0.6 is 0 Å². The molecule has 2 atom stereocenters. The average molecular weight is 384 g/mol. The summed E-state index contributed by atoms with van der Waals surface area (Å²) in [5.41, 5.74) is 0. The third kappa shape index (κ3) is 14.1. The standard InChI is InChI=1S/C23H45NO3/c1-2-3-4-10-13-17-22(24(25)26)18-16-20-23-19-14-11-8-6-5-7-9-12-15-21-27-23/h22-23H,2-21H2,1H3. The topological polar surface area (TPSA) is 52.4 Å². The van der Waals surface area contributed by atoms with Gasteiger partial charge in [0.05, 0.1) is 6.10 Å². The van der Waals surface area contributed by atoms with Crippen LogP contribution in [0.2, 0.25) is 0 Å². The van der Waals surface area contributed by atoms with Crippen molar-refractivity contribution >= 4 is 0 Å². The van der Waals surface area contributed by atoms with Crippen LogP contribution < -0.4 is 0 Å². The summed E-state index contributed by atoms with van der Waals surface area (Å²) in [6, 6.07) is -0.346. The minimum Gasteiger partial charge on any atom is -0.378 e.